The van der Waals surface area contributed by atoms with Gasteiger partial charge in [-0.15, -0.1) is 0 Å². The highest BCUT2D eigenvalue weighted by atomic mass is 16.5. The first-order chi connectivity index (χ1) is 16.5. The van der Waals surface area contributed by atoms with Crippen molar-refractivity contribution in [2.24, 2.45) is 5.10 Å². The number of aromatic nitrogens is 1. The average molecular weight is 461 g/mol. The number of carbonyl (C=O) groups is 3. The predicted molar refractivity (Wildman–Crippen MR) is 122 cm³/mol. The maximum absolute atomic E-state index is 12.6. The van der Waals surface area contributed by atoms with Crippen LogP contribution in [0.1, 0.15) is 50.6 Å². The van der Waals surface area contributed by atoms with E-state index in [0.29, 0.717) is 46.8 Å². The van der Waals surface area contributed by atoms with Crippen LogP contribution in [0.4, 0.5) is 0 Å². The Bertz CT molecular complexity index is 1220. The third-order valence-corrected chi connectivity index (χ3v) is 5.18. The van der Waals surface area contributed by atoms with Crippen LogP contribution in [0.25, 0.3) is 0 Å². The lowest BCUT2D eigenvalue weighted by molar-refractivity contribution is -0.123. The Morgan fingerprint density at radius 3 is 2.65 bits per heavy atom. The third-order valence-electron chi connectivity index (χ3n) is 5.18. The number of pyridine rings is 1. The lowest BCUT2D eigenvalue weighted by Gasteiger charge is -2.13. The van der Waals surface area contributed by atoms with E-state index in [1.165, 1.54) is 6.20 Å². The highest BCUT2D eigenvalue weighted by molar-refractivity contribution is 6.07. The summed E-state index contributed by atoms with van der Waals surface area (Å²) in [5, 5.41) is 4.27. The van der Waals surface area contributed by atoms with Crippen LogP contribution in [0.15, 0.2) is 64.4 Å². The van der Waals surface area contributed by atoms with Crippen molar-refractivity contribution in [3.8, 4) is 5.75 Å². The molecular weight excluding hydrogens is 438 g/mol. The van der Waals surface area contributed by atoms with Crippen LogP contribution in [0.5, 0.6) is 5.75 Å². The van der Waals surface area contributed by atoms with Gasteiger partial charge in [-0.2, -0.15) is 5.10 Å². The van der Waals surface area contributed by atoms with Crippen molar-refractivity contribution in [3.63, 3.8) is 0 Å². The molecule has 0 spiro atoms. The van der Waals surface area contributed by atoms with Crippen molar-refractivity contribution in [3.05, 3.63) is 83.1 Å². The number of fused-ring (bicyclic) bond motifs is 1. The van der Waals surface area contributed by atoms with Crippen molar-refractivity contribution in [1.82, 2.24) is 21.3 Å². The van der Waals surface area contributed by atoms with Gasteiger partial charge in [-0.3, -0.25) is 30.2 Å². The van der Waals surface area contributed by atoms with Gasteiger partial charge in [0.2, 0.25) is 0 Å². The molecule has 0 bridgehead atoms. The number of hydrazone groups is 1. The number of para-hydroxylation sites is 1. The number of hydrogen-bond donors (Lipinski definition) is 3. The van der Waals surface area contributed by atoms with Crippen LogP contribution in [0.2, 0.25) is 0 Å². The molecular formula is C24H23N5O5. The Kier molecular flexibility index (Phi) is 6.97. The Morgan fingerprint density at radius 1 is 1.06 bits per heavy atom. The summed E-state index contributed by atoms with van der Waals surface area (Å²) in [6.07, 6.45) is 5.05. The van der Waals surface area contributed by atoms with Crippen LogP contribution in [-0.2, 0) is 11.2 Å². The quantitative estimate of drug-likeness (QED) is 0.482. The van der Waals surface area contributed by atoms with Gasteiger partial charge in [0, 0.05) is 29.9 Å². The Labute approximate surface area is 195 Å². The molecule has 0 aliphatic heterocycles. The molecule has 0 fully saturated rings. The number of hydrogen-bond acceptors (Lipinski definition) is 7. The van der Waals surface area contributed by atoms with E-state index in [9.17, 15) is 14.4 Å². The monoisotopic (exact) mass is 461 g/mol. The average Bonchev–Trinajstić information content (AvgIpc) is 3.22. The molecule has 10 nitrogen and oxygen atoms in total. The van der Waals surface area contributed by atoms with Gasteiger partial charge in [0.05, 0.1) is 11.3 Å². The zero-order chi connectivity index (χ0) is 23.9. The van der Waals surface area contributed by atoms with Gasteiger partial charge in [-0.25, -0.2) is 5.43 Å². The second-order valence-corrected chi connectivity index (χ2v) is 7.55. The minimum absolute atomic E-state index is 0.0717. The summed E-state index contributed by atoms with van der Waals surface area (Å²) in [4.78, 5) is 40.9. The minimum atomic E-state index is -0.598. The third kappa shape index (κ3) is 5.29. The fraction of sp³-hybridized carbons (Fsp3) is 0.208. The number of amides is 3. The number of furan rings is 1. The zero-order valence-corrected chi connectivity index (χ0v) is 18.5. The van der Waals surface area contributed by atoms with E-state index in [1.54, 1.807) is 49.5 Å². The number of benzene rings is 1. The maximum atomic E-state index is 12.6. The molecule has 3 N–H and O–H groups in total. The maximum Gasteiger partial charge on any atom is 0.305 e. The first-order valence-electron chi connectivity index (χ1n) is 10.7. The van der Waals surface area contributed by atoms with Gasteiger partial charge >= 0.3 is 5.91 Å². The highest BCUT2D eigenvalue weighted by Gasteiger charge is 2.28. The summed E-state index contributed by atoms with van der Waals surface area (Å²) in [6, 6.07) is 12.2. The number of nitrogens with one attached hydrogen (secondary N) is 3. The predicted octanol–water partition coefficient (Wildman–Crippen LogP) is 2.29. The molecule has 0 saturated carbocycles. The second kappa shape index (κ2) is 10.4. The number of rotatable bonds is 6. The summed E-state index contributed by atoms with van der Waals surface area (Å²) < 4.78 is 11.1. The molecule has 0 radical (unpaired) electrons. The highest BCUT2D eigenvalue weighted by Crippen LogP contribution is 2.29. The lowest BCUT2D eigenvalue weighted by Crippen LogP contribution is -2.43. The number of ether oxygens (including phenoxy) is 1. The van der Waals surface area contributed by atoms with Gasteiger partial charge in [-0.05, 0) is 44.0 Å². The Balaban J connectivity index is 1.39. The number of nitrogens with zero attached hydrogens (tertiary/aromatic N) is 2. The van der Waals surface area contributed by atoms with Crippen LogP contribution >= 0.6 is 0 Å². The van der Waals surface area contributed by atoms with Crippen molar-refractivity contribution in [2.45, 2.75) is 26.2 Å². The molecule has 3 aromatic rings. The van der Waals surface area contributed by atoms with Crippen molar-refractivity contribution < 1.29 is 23.5 Å². The SMILES string of the molecule is Cc1c(C(=O)NNC(=O)COc2ccccc2)oc2c1/C(=N/NC(=O)c1cccnc1)CCC2. The summed E-state index contributed by atoms with van der Waals surface area (Å²) >= 11 is 0. The molecule has 0 saturated heterocycles. The van der Waals surface area contributed by atoms with Crippen LogP contribution < -0.4 is 21.0 Å². The van der Waals surface area contributed by atoms with Gasteiger partial charge in [0.1, 0.15) is 11.5 Å². The first-order valence-corrected chi connectivity index (χ1v) is 10.7. The molecule has 1 aliphatic rings. The minimum Gasteiger partial charge on any atom is -0.484 e. The standard InChI is InChI=1S/C24H23N5O5/c1-15-21-18(26-28-23(31)16-7-6-12-25-13-16)10-5-11-19(21)34-22(15)24(32)29-27-20(30)14-33-17-8-3-2-4-9-17/h2-4,6-9,12-13H,5,10-11,14H2,1H3,(H,27,30)(H,28,31)(H,29,32)/b26-18+. The van der Waals surface area contributed by atoms with E-state index in [4.69, 9.17) is 9.15 Å². The largest absolute Gasteiger partial charge is 0.484 e. The fourth-order valence-electron chi connectivity index (χ4n) is 3.56. The Morgan fingerprint density at radius 2 is 1.88 bits per heavy atom. The molecule has 4 rings (SSSR count). The lowest BCUT2D eigenvalue weighted by atomic mass is 9.93. The summed E-state index contributed by atoms with van der Waals surface area (Å²) in [5.74, 6) is -0.275. The Hall–Kier alpha value is -4.47. The summed E-state index contributed by atoms with van der Waals surface area (Å²) in [6.45, 7) is 1.48. The molecule has 1 aliphatic carbocycles. The fourth-order valence-corrected chi connectivity index (χ4v) is 3.56. The summed E-state index contributed by atoms with van der Waals surface area (Å²) in [7, 11) is 0. The zero-order valence-electron chi connectivity index (χ0n) is 18.5. The van der Waals surface area contributed by atoms with E-state index in [-0.39, 0.29) is 18.3 Å². The molecule has 0 unspecified atom stereocenters. The van der Waals surface area contributed by atoms with E-state index in [0.717, 1.165) is 6.42 Å². The topological polar surface area (TPSA) is 135 Å². The van der Waals surface area contributed by atoms with Gasteiger partial charge in [0.25, 0.3) is 11.8 Å². The number of hydrazine groups is 1. The van der Waals surface area contributed by atoms with Crippen molar-refractivity contribution in [1.29, 1.82) is 0 Å². The number of carbonyl (C=O) groups excluding carboxylic acids is 3. The normalized spacial score (nSPS) is 13.6. The van der Waals surface area contributed by atoms with E-state index in [2.05, 4.69) is 26.4 Å². The number of aryl methyl sites for hydroxylation is 1. The molecule has 2 heterocycles. The molecule has 34 heavy (non-hydrogen) atoms. The van der Waals surface area contributed by atoms with E-state index >= 15 is 0 Å². The molecule has 174 valence electrons. The first kappa shape index (κ1) is 22.7. The van der Waals surface area contributed by atoms with Crippen LogP contribution in [-0.4, -0.2) is 35.0 Å². The van der Waals surface area contributed by atoms with Gasteiger partial charge < -0.3 is 9.15 Å². The molecule has 2 aromatic heterocycles. The van der Waals surface area contributed by atoms with Gasteiger partial charge in [-0.1, -0.05) is 18.2 Å². The van der Waals surface area contributed by atoms with E-state index < -0.39 is 11.8 Å². The van der Waals surface area contributed by atoms with Crippen LogP contribution in [0, 0.1) is 6.92 Å². The van der Waals surface area contributed by atoms with Crippen molar-refractivity contribution in [2.75, 3.05) is 6.61 Å². The van der Waals surface area contributed by atoms with Crippen LogP contribution in [0.3, 0.4) is 0 Å². The summed E-state index contributed by atoms with van der Waals surface area (Å²) in [5.41, 5.74) is 9.48. The molecule has 3 amide bonds. The molecule has 0 atom stereocenters. The van der Waals surface area contributed by atoms with Crippen molar-refractivity contribution >= 4 is 23.4 Å². The van der Waals surface area contributed by atoms with Gasteiger partial charge in [0.15, 0.2) is 12.4 Å². The second-order valence-electron chi connectivity index (χ2n) is 7.55. The molecule has 10 heteroatoms. The smallest absolute Gasteiger partial charge is 0.305 e. The van der Waals surface area contributed by atoms with E-state index in [1.807, 2.05) is 6.07 Å². The molecule has 1 aromatic carbocycles.